The van der Waals surface area contributed by atoms with Gasteiger partial charge in [0, 0.05) is 51.0 Å². The molecule has 1 aromatic heterocycles. The van der Waals surface area contributed by atoms with Crippen molar-refractivity contribution >= 4 is 0 Å². The van der Waals surface area contributed by atoms with Crippen molar-refractivity contribution in [3.63, 3.8) is 0 Å². The number of nitrogens with zero attached hydrogens (tertiary/aromatic N) is 3. The molecular weight excluding hydrogens is 278 g/mol. The summed E-state index contributed by atoms with van der Waals surface area (Å²) in [5.74, 6) is 0.519. The van der Waals surface area contributed by atoms with Crippen molar-refractivity contribution in [2.75, 3.05) is 33.2 Å². The van der Waals surface area contributed by atoms with E-state index in [1.165, 1.54) is 0 Å². The fraction of sp³-hybridized carbons (Fsp3) is 0.706. The standard InChI is InChI=1S/C17H29N3O2/c1-13(2)5-6-20-14(3)11-16(21)17(22)15(20)12-19-9-7-18(4)8-10-19/h11,13,22H,5-10,12H2,1-4H3. The minimum absolute atomic E-state index is 0.0757. The van der Waals surface area contributed by atoms with Crippen LogP contribution in [-0.4, -0.2) is 52.7 Å². The van der Waals surface area contributed by atoms with Gasteiger partial charge in [-0.1, -0.05) is 13.8 Å². The molecule has 0 bridgehead atoms. The van der Waals surface area contributed by atoms with Gasteiger partial charge in [0.1, 0.15) is 0 Å². The molecule has 0 aromatic carbocycles. The maximum Gasteiger partial charge on any atom is 0.223 e. The molecule has 5 heteroatoms. The van der Waals surface area contributed by atoms with Gasteiger partial charge in [0.25, 0.3) is 0 Å². The summed E-state index contributed by atoms with van der Waals surface area (Å²) in [4.78, 5) is 16.6. The first kappa shape index (κ1) is 17.0. The molecule has 2 rings (SSSR count). The molecule has 1 fully saturated rings. The van der Waals surface area contributed by atoms with Crippen molar-refractivity contribution in [2.45, 2.75) is 40.3 Å². The second-order valence-corrected chi connectivity index (χ2v) is 6.86. The Hall–Kier alpha value is -1.33. The average Bonchev–Trinajstić information content (AvgIpc) is 2.46. The lowest BCUT2D eigenvalue weighted by Gasteiger charge is -2.33. The molecule has 22 heavy (non-hydrogen) atoms. The summed E-state index contributed by atoms with van der Waals surface area (Å²) in [7, 11) is 2.13. The highest BCUT2D eigenvalue weighted by Crippen LogP contribution is 2.19. The number of rotatable bonds is 5. The van der Waals surface area contributed by atoms with Gasteiger partial charge in [0.2, 0.25) is 5.43 Å². The van der Waals surface area contributed by atoms with Crippen LogP contribution in [0.5, 0.6) is 5.75 Å². The van der Waals surface area contributed by atoms with Crippen LogP contribution in [0.2, 0.25) is 0 Å². The molecule has 1 aromatic rings. The second kappa shape index (κ2) is 7.29. The summed E-state index contributed by atoms with van der Waals surface area (Å²) < 4.78 is 2.12. The van der Waals surface area contributed by atoms with Gasteiger partial charge in [-0.05, 0) is 26.3 Å². The van der Waals surface area contributed by atoms with Gasteiger partial charge in [0.15, 0.2) is 5.75 Å². The number of aromatic nitrogens is 1. The van der Waals surface area contributed by atoms with Crippen LogP contribution in [-0.2, 0) is 13.1 Å². The molecule has 124 valence electrons. The van der Waals surface area contributed by atoms with E-state index in [0.717, 1.165) is 50.5 Å². The summed E-state index contributed by atoms with van der Waals surface area (Å²) in [6.45, 7) is 11.8. The van der Waals surface area contributed by atoms with E-state index < -0.39 is 0 Å². The first-order valence-corrected chi connectivity index (χ1v) is 8.21. The average molecular weight is 307 g/mol. The Morgan fingerprint density at radius 3 is 2.45 bits per heavy atom. The van der Waals surface area contributed by atoms with Crippen molar-refractivity contribution in [1.82, 2.24) is 14.4 Å². The zero-order valence-electron chi connectivity index (χ0n) is 14.3. The van der Waals surface area contributed by atoms with Gasteiger partial charge >= 0.3 is 0 Å². The predicted octanol–water partition coefficient (Wildman–Crippen LogP) is 1.66. The van der Waals surface area contributed by atoms with Crippen LogP contribution >= 0.6 is 0 Å². The summed E-state index contributed by atoms with van der Waals surface area (Å²) >= 11 is 0. The topological polar surface area (TPSA) is 48.7 Å². The fourth-order valence-electron chi connectivity index (χ4n) is 2.90. The third-order valence-corrected chi connectivity index (χ3v) is 4.50. The van der Waals surface area contributed by atoms with Crippen molar-refractivity contribution < 1.29 is 5.11 Å². The molecule has 0 spiro atoms. The third-order valence-electron chi connectivity index (χ3n) is 4.50. The highest BCUT2D eigenvalue weighted by molar-refractivity contribution is 5.29. The van der Waals surface area contributed by atoms with E-state index >= 15 is 0 Å². The number of pyridine rings is 1. The van der Waals surface area contributed by atoms with Crippen LogP contribution in [0.4, 0.5) is 0 Å². The lowest BCUT2D eigenvalue weighted by atomic mass is 10.1. The lowest BCUT2D eigenvalue weighted by Crippen LogP contribution is -2.44. The molecule has 1 aliphatic rings. The summed E-state index contributed by atoms with van der Waals surface area (Å²) in [5.41, 5.74) is 1.45. The summed E-state index contributed by atoms with van der Waals surface area (Å²) in [5, 5.41) is 10.3. The van der Waals surface area contributed by atoms with Gasteiger partial charge in [-0.25, -0.2) is 0 Å². The van der Waals surface area contributed by atoms with E-state index in [9.17, 15) is 9.90 Å². The van der Waals surface area contributed by atoms with Gasteiger partial charge in [0.05, 0.1) is 5.69 Å². The van der Waals surface area contributed by atoms with Crippen LogP contribution in [0, 0.1) is 12.8 Å². The SMILES string of the molecule is Cc1cc(=O)c(O)c(CN2CCN(C)CC2)n1CCC(C)C. The number of aryl methyl sites for hydroxylation is 1. The molecule has 1 saturated heterocycles. The fourth-order valence-corrected chi connectivity index (χ4v) is 2.90. The summed E-state index contributed by atoms with van der Waals surface area (Å²) in [6.07, 6.45) is 1.04. The molecule has 0 saturated carbocycles. The van der Waals surface area contributed by atoms with E-state index in [1.807, 2.05) is 6.92 Å². The zero-order chi connectivity index (χ0) is 16.3. The van der Waals surface area contributed by atoms with Crippen LogP contribution in [0.3, 0.4) is 0 Å². The molecule has 5 nitrogen and oxygen atoms in total. The Labute approximate surface area is 133 Å². The van der Waals surface area contributed by atoms with Crippen molar-refractivity contribution in [1.29, 1.82) is 0 Å². The van der Waals surface area contributed by atoms with E-state index in [-0.39, 0.29) is 11.2 Å². The van der Waals surface area contributed by atoms with Crippen molar-refractivity contribution in [3.05, 3.63) is 27.7 Å². The van der Waals surface area contributed by atoms with Crippen LogP contribution < -0.4 is 5.43 Å². The molecule has 1 N–H and O–H groups in total. The van der Waals surface area contributed by atoms with E-state index in [4.69, 9.17) is 0 Å². The summed E-state index contributed by atoms with van der Waals surface area (Å²) in [6, 6.07) is 1.54. The quantitative estimate of drug-likeness (QED) is 0.899. The maximum absolute atomic E-state index is 12.0. The Morgan fingerprint density at radius 2 is 1.86 bits per heavy atom. The Morgan fingerprint density at radius 1 is 1.23 bits per heavy atom. The highest BCUT2D eigenvalue weighted by atomic mass is 16.3. The van der Waals surface area contributed by atoms with Gasteiger partial charge < -0.3 is 14.6 Å². The molecule has 1 aliphatic heterocycles. The maximum atomic E-state index is 12.0. The number of piperazine rings is 1. The van der Waals surface area contributed by atoms with Crippen LogP contribution in [0.25, 0.3) is 0 Å². The van der Waals surface area contributed by atoms with E-state index in [0.29, 0.717) is 12.5 Å². The largest absolute Gasteiger partial charge is 0.503 e. The molecular formula is C17H29N3O2. The van der Waals surface area contributed by atoms with E-state index in [2.05, 4.69) is 35.3 Å². The van der Waals surface area contributed by atoms with Gasteiger partial charge in [-0.2, -0.15) is 0 Å². The Kier molecular flexibility index (Phi) is 5.64. The van der Waals surface area contributed by atoms with Gasteiger partial charge in [-0.15, -0.1) is 0 Å². The number of aromatic hydroxyl groups is 1. The van der Waals surface area contributed by atoms with E-state index in [1.54, 1.807) is 6.07 Å². The molecule has 0 amide bonds. The lowest BCUT2D eigenvalue weighted by molar-refractivity contribution is 0.143. The minimum atomic E-state index is -0.262. The first-order chi connectivity index (χ1) is 10.4. The van der Waals surface area contributed by atoms with Crippen molar-refractivity contribution in [3.8, 4) is 5.75 Å². The smallest absolute Gasteiger partial charge is 0.223 e. The first-order valence-electron chi connectivity index (χ1n) is 8.21. The van der Waals surface area contributed by atoms with Crippen LogP contribution in [0.1, 0.15) is 31.7 Å². The number of likely N-dealkylation sites (N-methyl/N-ethyl adjacent to an activating group) is 1. The van der Waals surface area contributed by atoms with Crippen LogP contribution in [0.15, 0.2) is 10.9 Å². The van der Waals surface area contributed by atoms with Gasteiger partial charge in [-0.3, -0.25) is 9.69 Å². The zero-order valence-corrected chi connectivity index (χ0v) is 14.3. The van der Waals surface area contributed by atoms with Crippen molar-refractivity contribution in [2.24, 2.45) is 5.92 Å². The predicted molar refractivity (Wildman–Crippen MR) is 89.3 cm³/mol. The molecule has 2 heterocycles. The number of hydrogen-bond donors (Lipinski definition) is 1. The monoisotopic (exact) mass is 307 g/mol. The minimum Gasteiger partial charge on any atom is -0.503 e. The number of hydrogen-bond acceptors (Lipinski definition) is 4. The third kappa shape index (κ3) is 4.11. The second-order valence-electron chi connectivity index (χ2n) is 6.86. The Bertz CT molecular complexity index is 558. The highest BCUT2D eigenvalue weighted by Gasteiger charge is 2.19. The molecule has 0 radical (unpaired) electrons. The normalized spacial score (nSPS) is 17.3. The molecule has 0 atom stereocenters. The molecule has 0 unspecified atom stereocenters. The molecule has 0 aliphatic carbocycles. The Balaban J connectivity index is 2.25.